The van der Waals surface area contributed by atoms with E-state index in [9.17, 15) is 5.11 Å². The minimum atomic E-state index is -0.677. The number of furan rings is 1. The highest BCUT2D eigenvalue weighted by Gasteiger charge is 2.14. The van der Waals surface area contributed by atoms with Gasteiger partial charge in [0.25, 0.3) is 0 Å². The molecule has 0 saturated heterocycles. The zero-order valence-electron chi connectivity index (χ0n) is 8.36. The normalized spacial score (nSPS) is 12.7. The standard InChI is InChI=1S/C12H10Cl2O2/c13-10-3-1-2-9(12(10)14)11(15)6-8-4-5-16-7-8/h1-5,7,11,15H,6H2. The van der Waals surface area contributed by atoms with Gasteiger partial charge in [0.05, 0.1) is 28.7 Å². The maximum atomic E-state index is 10.0. The Labute approximate surface area is 103 Å². The monoisotopic (exact) mass is 256 g/mol. The van der Waals surface area contributed by atoms with Crippen LogP contribution in [0.4, 0.5) is 0 Å². The lowest BCUT2D eigenvalue weighted by Crippen LogP contribution is -2.01. The summed E-state index contributed by atoms with van der Waals surface area (Å²) >= 11 is 11.9. The average Bonchev–Trinajstić information content (AvgIpc) is 2.74. The molecule has 0 bridgehead atoms. The molecular weight excluding hydrogens is 247 g/mol. The summed E-state index contributed by atoms with van der Waals surface area (Å²) in [5.41, 5.74) is 1.55. The zero-order valence-corrected chi connectivity index (χ0v) is 9.87. The Morgan fingerprint density at radius 2 is 2.06 bits per heavy atom. The summed E-state index contributed by atoms with van der Waals surface area (Å²) in [7, 11) is 0. The summed E-state index contributed by atoms with van der Waals surface area (Å²) in [5.74, 6) is 0. The Morgan fingerprint density at radius 3 is 2.75 bits per heavy atom. The van der Waals surface area contributed by atoms with Gasteiger partial charge in [0, 0.05) is 12.0 Å². The van der Waals surface area contributed by atoms with Crippen molar-refractivity contribution in [3.8, 4) is 0 Å². The number of aliphatic hydroxyl groups is 1. The smallest absolute Gasteiger partial charge is 0.0935 e. The van der Waals surface area contributed by atoms with Crippen LogP contribution in [-0.4, -0.2) is 5.11 Å². The van der Waals surface area contributed by atoms with Gasteiger partial charge >= 0.3 is 0 Å². The van der Waals surface area contributed by atoms with Crippen molar-refractivity contribution in [3.63, 3.8) is 0 Å². The van der Waals surface area contributed by atoms with Crippen molar-refractivity contribution in [2.75, 3.05) is 0 Å². The molecule has 0 aliphatic carbocycles. The van der Waals surface area contributed by atoms with Crippen LogP contribution >= 0.6 is 23.2 Å². The molecule has 2 nitrogen and oxygen atoms in total. The van der Waals surface area contributed by atoms with Crippen LogP contribution in [0.25, 0.3) is 0 Å². The third-order valence-electron chi connectivity index (χ3n) is 2.35. The second kappa shape index (κ2) is 4.91. The van der Waals surface area contributed by atoms with E-state index in [1.807, 2.05) is 6.07 Å². The van der Waals surface area contributed by atoms with E-state index in [1.54, 1.807) is 30.7 Å². The minimum Gasteiger partial charge on any atom is -0.472 e. The van der Waals surface area contributed by atoms with Gasteiger partial charge in [-0.2, -0.15) is 0 Å². The van der Waals surface area contributed by atoms with E-state index in [0.717, 1.165) is 5.56 Å². The molecule has 84 valence electrons. The first-order valence-corrected chi connectivity index (χ1v) is 5.57. The summed E-state index contributed by atoms with van der Waals surface area (Å²) in [6.45, 7) is 0. The van der Waals surface area contributed by atoms with Gasteiger partial charge in [-0.05, 0) is 17.7 Å². The fourth-order valence-electron chi connectivity index (χ4n) is 1.52. The Kier molecular flexibility index (Phi) is 3.54. The minimum absolute atomic E-state index is 0.403. The first kappa shape index (κ1) is 11.5. The number of rotatable bonds is 3. The third-order valence-corrected chi connectivity index (χ3v) is 3.18. The molecule has 0 radical (unpaired) electrons. The molecule has 0 spiro atoms. The molecule has 1 aromatic carbocycles. The van der Waals surface area contributed by atoms with Crippen LogP contribution in [0.1, 0.15) is 17.2 Å². The molecule has 0 saturated carbocycles. The van der Waals surface area contributed by atoms with Crippen molar-refractivity contribution >= 4 is 23.2 Å². The molecule has 0 amide bonds. The molecule has 2 rings (SSSR count). The van der Waals surface area contributed by atoms with Gasteiger partial charge in [-0.15, -0.1) is 0 Å². The van der Waals surface area contributed by atoms with Crippen molar-refractivity contribution in [1.29, 1.82) is 0 Å². The predicted molar refractivity (Wildman–Crippen MR) is 63.8 cm³/mol. The van der Waals surface area contributed by atoms with Gasteiger partial charge < -0.3 is 9.52 Å². The predicted octanol–water partition coefficient (Wildman–Crippen LogP) is 3.86. The number of hydrogen-bond acceptors (Lipinski definition) is 2. The highest BCUT2D eigenvalue weighted by molar-refractivity contribution is 6.42. The molecule has 16 heavy (non-hydrogen) atoms. The number of hydrogen-bond donors (Lipinski definition) is 1. The molecular formula is C12H10Cl2O2. The molecule has 0 fully saturated rings. The molecule has 4 heteroatoms. The Bertz CT molecular complexity index is 466. The van der Waals surface area contributed by atoms with Crippen LogP contribution < -0.4 is 0 Å². The van der Waals surface area contributed by atoms with Gasteiger partial charge in [-0.25, -0.2) is 0 Å². The first-order valence-electron chi connectivity index (χ1n) is 4.81. The second-order valence-electron chi connectivity index (χ2n) is 3.49. The van der Waals surface area contributed by atoms with Crippen LogP contribution in [0.2, 0.25) is 10.0 Å². The van der Waals surface area contributed by atoms with Crippen molar-refractivity contribution in [2.24, 2.45) is 0 Å². The Hall–Kier alpha value is -0.960. The molecule has 1 N–H and O–H groups in total. The van der Waals surface area contributed by atoms with E-state index in [1.165, 1.54) is 0 Å². The van der Waals surface area contributed by atoms with Gasteiger partial charge in [-0.3, -0.25) is 0 Å². The molecule has 1 atom stereocenters. The van der Waals surface area contributed by atoms with Gasteiger partial charge in [0.2, 0.25) is 0 Å². The summed E-state index contributed by atoms with van der Waals surface area (Å²) in [4.78, 5) is 0. The van der Waals surface area contributed by atoms with Crippen molar-refractivity contribution < 1.29 is 9.52 Å². The lowest BCUT2D eigenvalue weighted by atomic mass is 10.0. The van der Waals surface area contributed by atoms with E-state index in [4.69, 9.17) is 27.6 Å². The summed E-state index contributed by atoms with van der Waals surface area (Å²) in [6.07, 6.45) is 2.95. The van der Waals surface area contributed by atoms with E-state index in [-0.39, 0.29) is 0 Å². The van der Waals surface area contributed by atoms with E-state index < -0.39 is 6.10 Å². The topological polar surface area (TPSA) is 33.4 Å². The molecule has 1 aromatic heterocycles. The maximum absolute atomic E-state index is 10.0. The largest absolute Gasteiger partial charge is 0.472 e. The quantitative estimate of drug-likeness (QED) is 0.905. The van der Waals surface area contributed by atoms with Crippen LogP contribution in [0.5, 0.6) is 0 Å². The van der Waals surface area contributed by atoms with Crippen molar-refractivity contribution in [3.05, 3.63) is 58.0 Å². The van der Waals surface area contributed by atoms with Crippen LogP contribution in [0, 0.1) is 0 Å². The molecule has 2 aromatic rings. The summed E-state index contributed by atoms with van der Waals surface area (Å²) < 4.78 is 4.94. The van der Waals surface area contributed by atoms with E-state index in [0.29, 0.717) is 22.0 Å². The number of halogens is 2. The molecule has 0 aliphatic rings. The zero-order chi connectivity index (χ0) is 11.5. The number of benzene rings is 1. The van der Waals surface area contributed by atoms with Gasteiger partial charge in [0.1, 0.15) is 0 Å². The Balaban J connectivity index is 2.21. The average molecular weight is 257 g/mol. The molecule has 1 heterocycles. The SMILES string of the molecule is OC(Cc1ccoc1)c1cccc(Cl)c1Cl. The fraction of sp³-hybridized carbons (Fsp3) is 0.167. The maximum Gasteiger partial charge on any atom is 0.0935 e. The highest BCUT2D eigenvalue weighted by atomic mass is 35.5. The highest BCUT2D eigenvalue weighted by Crippen LogP contribution is 2.31. The summed E-state index contributed by atoms with van der Waals surface area (Å²) in [5, 5.41) is 10.9. The third kappa shape index (κ3) is 2.40. The van der Waals surface area contributed by atoms with Crippen LogP contribution in [0.15, 0.2) is 41.2 Å². The van der Waals surface area contributed by atoms with Gasteiger partial charge in [-0.1, -0.05) is 35.3 Å². The first-order chi connectivity index (χ1) is 7.68. The van der Waals surface area contributed by atoms with E-state index >= 15 is 0 Å². The molecule has 0 aliphatic heterocycles. The lowest BCUT2D eigenvalue weighted by Gasteiger charge is -2.12. The van der Waals surface area contributed by atoms with Crippen molar-refractivity contribution in [2.45, 2.75) is 12.5 Å². The second-order valence-corrected chi connectivity index (χ2v) is 4.28. The Morgan fingerprint density at radius 1 is 1.25 bits per heavy atom. The van der Waals surface area contributed by atoms with E-state index in [2.05, 4.69) is 0 Å². The fourth-order valence-corrected chi connectivity index (χ4v) is 1.95. The lowest BCUT2D eigenvalue weighted by molar-refractivity contribution is 0.178. The number of aliphatic hydroxyl groups excluding tert-OH is 1. The summed E-state index contributed by atoms with van der Waals surface area (Å²) in [6, 6.07) is 7.03. The van der Waals surface area contributed by atoms with Crippen LogP contribution in [0.3, 0.4) is 0 Å². The van der Waals surface area contributed by atoms with Gasteiger partial charge in [0.15, 0.2) is 0 Å². The van der Waals surface area contributed by atoms with Crippen LogP contribution in [-0.2, 0) is 6.42 Å². The molecule has 1 unspecified atom stereocenters. The van der Waals surface area contributed by atoms with Crippen molar-refractivity contribution in [1.82, 2.24) is 0 Å².